The Kier molecular flexibility index (Phi) is 5.53. The van der Waals surface area contributed by atoms with Crippen LogP contribution in [0.2, 0.25) is 0 Å². The second kappa shape index (κ2) is 8.67. The smallest absolute Gasteiger partial charge is 0.336 e. The third-order valence-electron chi connectivity index (χ3n) is 5.75. The molecule has 5 rings (SSSR count). The van der Waals surface area contributed by atoms with Crippen LogP contribution in [0.4, 0.5) is 0 Å². The number of hydrogen-bond acceptors (Lipinski definition) is 6. The number of nitrogens with zero attached hydrogens (tertiary/aromatic N) is 3. The molecule has 3 heterocycles. The van der Waals surface area contributed by atoms with Crippen molar-refractivity contribution >= 4 is 22.0 Å². The molecule has 0 bridgehead atoms. The second-order valence-electron chi connectivity index (χ2n) is 8.28. The van der Waals surface area contributed by atoms with Gasteiger partial charge in [0.05, 0.1) is 18.0 Å². The Morgan fingerprint density at radius 1 is 0.971 bits per heavy atom. The molecule has 0 unspecified atom stereocenters. The van der Waals surface area contributed by atoms with E-state index in [2.05, 4.69) is 6.92 Å². The molecule has 0 aliphatic carbocycles. The zero-order valence-corrected chi connectivity index (χ0v) is 19.6. The molecule has 0 spiro atoms. The second-order valence-corrected chi connectivity index (χ2v) is 8.28. The van der Waals surface area contributed by atoms with Crippen molar-refractivity contribution in [2.75, 3.05) is 6.61 Å². The van der Waals surface area contributed by atoms with E-state index in [0.717, 1.165) is 33.4 Å². The van der Waals surface area contributed by atoms with Gasteiger partial charge in [0.15, 0.2) is 5.65 Å². The molecule has 0 aliphatic rings. The van der Waals surface area contributed by atoms with Gasteiger partial charge < -0.3 is 13.9 Å². The lowest BCUT2D eigenvalue weighted by molar-refractivity contribution is 0.295. The topological polar surface area (TPSA) is 79.4 Å². The largest absolute Gasteiger partial charge is 0.494 e. The lowest BCUT2D eigenvalue weighted by atomic mass is 10.1. The molecule has 7 heteroatoms. The highest BCUT2D eigenvalue weighted by molar-refractivity contribution is 5.84. The Bertz CT molecular complexity index is 1570. The fourth-order valence-corrected chi connectivity index (χ4v) is 4.15. The van der Waals surface area contributed by atoms with E-state index in [-0.39, 0.29) is 6.61 Å². The average molecular weight is 456 g/mol. The molecule has 0 saturated carbocycles. The first-order chi connectivity index (χ1) is 16.4. The number of pyridine rings is 1. The van der Waals surface area contributed by atoms with E-state index in [0.29, 0.717) is 29.4 Å². The van der Waals surface area contributed by atoms with Crippen molar-refractivity contribution in [3.05, 3.63) is 87.4 Å². The maximum Gasteiger partial charge on any atom is 0.336 e. The van der Waals surface area contributed by atoms with Crippen LogP contribution in [0.1, 0.15) is 29.3 Å². The summed E-state index contributed by atoms with van der Waals surface area (Å²) < 4.78 is 18.9. The predicted octanol–water partition coefficient (Wildman–Crippen LogP) is 5.43. The summed E-state index contributed by atoms with van der Waals surface area (Å²) in [4.78, 5) is 16.9. The molecule has 34 heavy (non-hydrogen) atoms. The fraction of sp³-hybridized carbons (Fsp3) is 0.222. The quantitative estimate of drug-likeness (QED) is 0.318. The summed E-state index contributed by atoms with van der Waals surface area (Å²) >= 11 is 0. The Morgan fingerprint density at radius 3 is 2.53 bits per heavy atom. The van der Waals surface area contributed by atoms with Crippen molar-refractivity contribution in [1.82, 2.24) is 14.8 Å². The van der Waals surface area contributed by atoms with Gasteiger partial charge in [-0.05, 0) is 63.6 Å². The van der Waals surface area contributed by atoms with Crippen molar-refractivity contribution in [2.45, 2.75) is 34.3 Å². The van der Waals surface area contributed by atoms with Gasteiger partial charge in [0, 0.05) is 28.5 Å². The van der Waals surface area contributed by atoms with E-state index in [1.54, 1.807) is 12.1 Å². The van der Waals surface area contributed by atoms with E-state index < -0.39 is 5.63 Å². The fourth-order valence-electron chi connectivity index (χ4n) is 4.15. The molecule has 0 radical (unpaired) electrons. The molecule has 0 amide bonds. The molecule has 172 valence electrons. The summed E-state index contributed by atoms with van der Waals surface area (Å²) in [7, 11) is 0. The number of hydrogen-bond donors (Lipinski definition) is 0. The number of benzene rings is 2. The number of aromatic nitrogens is 3. The van der Waals surface area contributed by atoms with Crippen molar-refractivity contribution < 1.29 is 13.9 Å². The summed E-state index contributed by atoms with van der Waals surface area (Å²) in [5.41, 5.74) is 5.53. The van der Waals surface area contributed by atoms with Gasteiger partial charge in [-0.2, -0.15) is 10.1 Å². The van der Waals surface area contributed by atoms with Gasteiger partial charge in [-0.3, -0.25) is 0 Å². The Hall–Kier alpha value is -4.13. The summed E-state index contributed by atoms with van der Waals surface area (Å²) in [6.45, 7) is 8.68. The summed E-state index contributed by atoms with van der Waals surface area (Å²) in [6, 6.07) is 16.9. The Labute approximate surface area is 196 Å². The first kappa shape index (κ1) is 21.7. The van der Waals surface area contributed by atoms with Crippen molar-refractivity contribution in [3.8, 4) is 17.3 Å². The Morgan fingerprint density at radius 2 is 1.76 bits per heavy atom. The van der Waals surface area contributed by atoms with Crippen molar-refractivity contribution in [2.24, 2.45) is 0 Å². The number of ether oxygens (including phenoxy) is 2. The highest BCUT2D eigenvalue weighted by atomic mass is 16.5. The van der Waals surface area contributed by atoms with Crippen LogP contribution in [-0.2, 0) is 6.61 Å². The Balaban J connectivity index is 1.53. The lowest BCUT2D eigenvalue weighted by Gasteiger charge is -2.11. The molecule has 0 saturated heterocycles. The van der Waals surface area contributed by atoms with Gasteiger partial charge in [0.1, 0.15) is 17.9 Å². The summed E-state index contributed by atoms with van der Waals surface area (Å²) in [6.07, 6.45) is 0. The van der Waals surface area contributed by atoms with Crippen LogP contribution in [0.25, 0.3) is 27.7 Å². The van der Waals surface area contributed by atoms with Gasteiger partial charge >= 0.3 is 5.63 Å². The van der Waals surface area contributed by atoms with Gasteiger partial charge in [-0.25, -0.2) is 9.48 Å². The van der Waals surface area contributed by atoms with Gasteiger partial charge in [-0.15, -0.1) is 0 Å². The zero-order chi connectivity index (χ0) is 23.8. The van der Waals surface area contributed by atoms with Crippen LogP contribution < -0.4 is 15.1 Å². The molecule has 0 atom stereocenters. The van der Waals surface area contributed by atoms with Gasteiger partial charge in [-0.1, -0.05) is 17.7 Å². The van der Waals surface area contributed by atoms with E-state index in [1.165, 1.54) is 11.6 Å². The van der Waals surface area contributed by atoms with Crippen molar-refractivity contribution in [3.63, 3.8) is 0 Å². The minimum atomic E-state index is -0.428. The molecule has 7 nitrogen and oxygen atoms in total. The van der Waals surface area contributed by atoms with Crippen LogP contribution in [0.3, 0.4) is 0 Å². The van der Waals surface area contributed by atoms with Crippen LogP contribution in [0, 0.1) is 20.8 Å². The first-order valence-corrected chi connectivity index (χ1v) is 11.2. The SMILES string of the molecule is CCOc1ccc2oc(=O)cc(COc3cc(C)c4c(C)nn(-c5ccc(C)cc5)c4n3)c2c1. The normalized spacial score (nSPS) is 11.3. The van der Waals surface area contributed by atoms with Crippen LogP contribution in [0.15, 0.2) is 63.8 Å². The standard InChI is InChI=1S/C27H25N3O4/c1-5-32-21-10-11-23-22(14-21)19(13-25(31)34-23)15-33-24-12-17(3)26-18(4)29-30(27(26)28-24)20-8-6-16(2)7-9-20/h6-14H,5,15H2,1-4H3. The van der Waals surface area contributed by atoms with E-state index in [1.807, 2.05) is 61.9 Å². The molecule has 3 aromatic heterocycles. The number of aryl methyl sites for hydroxylation is 3. The van der Waals surface area contributed by atoms with E-state index >= 15 is 0 Å². The maximum absolute atomic E-state index is 12.1. The minimum absolute atomic E-state index is 0.160. The predicted molar refractivity (Wildman–Crippen MR) is 131 cm³/mol. The van der Waals surface area contributed by atoms with Gasteiger partial charge in [0.25, 0.3) is 0 Å². The van der Waals surface area contributed by atoms with E-state index in [4.69, 9.17) is 24.0 Å². The zero-order valence-electron chi connectivity index (χ0n) is 19.6. The third kappa shape index (κ3) is 4.01. The minimum Gasteiger partial charge on any atom is -0.494 e. The van der Waals surface area contributed by atoms with Crippen LogP contribution in [0.5, 0.6) is 11.6 Å². The summed E-state index contributed by atoms with van der Waals surface area (Å²) in [5.74, 6) is 1.17. The van der Waals surface area contributed by atoms with E-state index in [9.17, 15) is 4.79 Å². The molecule has 0 fully saturated rings. The average Bonchev–Trinajstić information content (AvgIpc) is 3.15. The molecule has 2 aromatic carbocycles. The summed E-state index contributed by atoms with van der Waals surface area (Å²) in [5, 5.41) is 6.49. The first-order valence-electron chi connectivity index (χ1n) is 11.2. The number of rotatable bonds is 6. The number of fused-ring (bicyclic) bond motifs is 2. The molecule has 5 aromatic rings. The van der Waals surface area contributed by atoms with Crippen molar-refractivity contribution in [1.29, 1.82) is 0 Å². The van der Waals surface area contributed by atoms with Crippen LogP contribution in [-0.4, -0.2) is 21.4 Å². The monoisotopic (exact) mass is 455 g/mol. The maximum atomic E-state index is 12.1. The molecular weight excluding hydrogens is 430 g/mol. The van der Waals surface area contributed by atoms with Gasteiger partial charge in [0.2, 0.25) is 5.88 Å². The third-order valence-corrected chi connectivity index (χ3v) is 5.75. The lowest BCUT2D eigenvalue weighted by Crippen LogP contribution is -2.06. The highest BCUT2D eigenvalue weighted by Gasteiger charge is 2.16. The van der Waals surface area contributed by atoms with Crippen LogP contribution >= 0.6 is 0 Å². The highest BCUT2D eigenvalue weighted by Crippen LogP contribution is 2.28. The molecule has 0 N–H and O–H groups in total. The molecular formula is C27H25N3O4. The molecule has 0 aliphatic heterocycles.